The highest BCUT2D eigenvalue weighted by atomic mass is 127. The van der Waals surface area contributed by atoms with Crippen LogP contribution in [0.4, 0.5) is 0 Å². The summed E-state index contributed by atoms with van der Waals surface area (Å²) in [5.41, 5.74) is 7.49. The lowest BCUT2D eigenvalue weighted by molar-refractivity contribution is 0.605. The van der Waals surface area contributed by atoms with E-state index in [1.54, 1.807) is 0 Å². The van der Waals surface area contributed by atoms with E-state index in [1.165, 1.54) is 103 Å². The van der Waals surface area contributed by atoms with Crippen molar-refractivity contribution >= 4 is 38.5 Å². The standard InChI is InChI=1S/C32H44BrIN2/c1-4-6-8-10-12-14-16-25-18-20-28(29(33)23-25)32-35-30(17-15-13-11-9-7-5-2)31(36-32)27-21-19-26(34)22-24(27)3/h18-23H,4-17H2,1-3H3,(H,35,36). The summed E-state index contributed by atoms with van der Waals surface area (Å²) in [6.45, 7) is 6.76. The Bertz CT molecular complexity index is 1070. The number of hydrogen-bond donors (Lipinski definition) is 1. The van der Waals surface area contributed by atoms with Gasteiger partial charge in [-0.05, 0) is 90.6 Å². The molecular weight excluding hydrogens is 619 g/mol. The molecule has 2 aromatic carbocycles. The average molecular weight is 664 g/mol. The van der Waals surface area contributed by atoms with E-state index >= 15 is 0 Å². The van der Waals surface area contributed by atoms with Crippen LogP contribution in [0.5, 0.6) is 0 Å². The van der Waals surface area contributed by atoms with Crippen LogP contribution in [0.2, 0.25) is 0 Å². The number of aromatic nitrogens is 2. The van der Waals surface area contributed by atoms with Gasteiger partial charge in [-0.3, -0.25) is 0 Å². The number of hydrogen-bond acceptors (Lipinski definition) is 1. The van der Waals surface area contributed by atoms with Crippen molar-refractivity contribution in [2.24, 2.45) is 0 Å². The third-order valence-corrected chi connectivity index (χ3v) is 8.44. The number of imidazole rings is 1. The summed E-state index contributed by atoms with van der Waals surface area (Å²) in [4.78, 5) is 8.91. The Morgan fingerprint density at radius 2 is 1.36 bits per heavy atom. The van der Waals surface area contributed by atoms with Crippen molar-refractivity contribution in [3.05, 3.63) is 61.3 Å². The van der Waals surface area contributed by atoms with Gasteiger partial charge in [-0.2, -0.15) is 0 Å². The summed E-state index contributed by atoms with van der Waals surface area (Å²) < 4.78 is 2.41. The summed E-state index contributed by atoms with van der Waals surface area (Å²) >= 11 is 6.26. The normalized spacial score (nSPS) is 11.4. The van der Waals surface area contributed by atoms with Gasteiger partial charge in [0.2, 0.25) is 0 Å². The van der Waals surface area contributed by atoms with Crippen molar-refractivity contribution in [2.45, 2.75) is 111 Å². The van der Waals surface area contributed by atoms with E-state index in [0.29, 0.717) is 0 Å². The van der Waals surface area contributed by atoms with E-state index in [-0.39, 0.29) is 0 Å². The molecular formula is C32H44BrIN2. The summed E-state index contributed by atoms with van der Waals surface area (Å²) in [5, 5.41) is 0. The van der Waals surface area contributed by atoms with E-state index in [4.69, 9.17) is 4.98 Å². The Morgan fingerprint density at radius 1 is 0.750 bits per heavy atom. The second-order valence-electron chi connectivity index (χ2n) is 10.2. The van der Waals surface area contributed by atoms with Crippen LogP contribution < -0.4 is 0 Å². The van der Waals surface area contributed by atoms with Crippen LogP contribution in [0.15, 0.2) is 40.9 Å². The molecule has 4 heteroatoms. The maximum atomic E-state index is 5.18. The van der Waals surface area contributed by atoms with Gasteiger partial charge in [0, 0.05) is 24.9 Å². The first-order valence-corrected chi connectivity index (χ1v) is 16.0. The third-order valence-electron chi connectivity index (χ3n) is 7.11. The second kappa shape index (κ2) is 16.0. The lowest BCUT2D eigenvalue weighted by Crippen LogP contribution is -1.93. The zero-order valence-corrected chi connectivity index (χ0v) is 26.3. The van der Waals surface area contributed by atoms with Crippen molar-refractivity contribution in [3.63, 3.8) is 0 Å². The molecule has 0 spiro atoms. The van der Waals surface area contributed by atoms with Gasteiger partial charge in [0.15, 0.2) is 0 Å². The molecule has 0 fully saturated rings. The molecule has 196 valence electrons. The molecule has 1 aromatic heterocycles. The minimum absolute atomic E-state index is 0.974. The van der Waals surface area contributed by atoms with Crippen molar-refractivity contribution < 1.29 is 0 Å². The highest BCUT2D eigenvalue weighted by molar-refractivity contribution is 14.1. The third kappa shape index (κ3) is 9.01. The molecule has 0 bridgehead atoms. The summed E-state index contributed by atoms with van der Waals surface area (Å²) in [7, 11) is 0. The topological polar surface area (TPSA) is 28.7 Å². The summed E-state index contributed by atoms with van der Waals surface area (Å²) in [6, 6.07) is 13.5. The van der Waals surface area contributed by atoms with Gasteiger partial charge >= 0.3 is 0 Å². The van der Waals surface area contributed by atoms with E-state index in [1.807, 2.05) is 0 Å². The van der Waals surface area contributed by atoms with Gasteiger partial charge in [-0.25, -0.2) is 4.98 Å². The van der Waals surface area contributed by atoms with Gasteiger partial charge < -0.3 is 4.98 Å². The Labute approximate surface area is 241 Å². The predicted octanol–water partition coefficient (Wildman–Crippen LogP) is 11.2. The van der Waals surface area contributed by atoms with Crippen LogP contribution in [-0.2, 0) is 12.8 Å². The molecule has 0 saturated carbocycles. The van der Waals surface area contributed by atoms with E-state index in [0.717, 1.165) is 34.4 Å². The fourth-order valence-electron chi connectivity index (χ4n) is 4.93. The molecule has 0 aliphatic rings. The van der Waals surface area contributed by atoms with Gasteiger partial charge in [-0.15, -0.1) is 0 Å². The SMILES string of the molecule is CCCCCCCCc1ccc(-c2nc(-c3ccc(I)cc3C)c(CCCCCCCC)[nH]2)c(Br)c1. The number of nitrogens with one attached hydrogen (secondary N) is 1. The Balaban J connectivity index is 1.75. The van der Waals surface area contributed by atoms with Crippen LogP contribution in [0, 0.1) is 10.5 Å². The van der Waals surface area contributed by atoms with Crippen molar-refractivity contribution in [3.8, 4) is 22.6 Å². The quantitative estimate of drug-likeness (QED) is 0.120. The number of nitrogens with zero attached hydrogens (tertiary/aromatic N) is 1. The molecule has 3 rings (SSSR count). The molecule has 2 nitrogen and oxygen atoms in total. The molecule has 0 saturated heterocycles. The molecule has 0 unspecified atom stereocenters. The molecule has 0 aliphatic carbocycles. The van der Waals surface area contributed by atoms with Crippen LogP contribution in [0.1, 0.15) is 108 Å². The Hall–Kier alpha value is -1.14. The zero-order valence-electron chi connectivity index (χ0n) is 22.6. The molecule has 0 radical (unpaired) electrons. The van der Waals surface area contributed by atoms with Gasteiger partial charge in [0.25, 0.3) is 0 Å². The average Bonchev–Trinajstić information content (AvgIpc) is 3.27. The smallest absolute Gasteiger partial charge is 0.139 e. The fourth-order valence-corrected chi connectivity index (χ4v) is 6.19. The number of rotatable bonds is 16. The monoisotopic (exact) mass is 662 g/mol. The van der Waals surface area contributed by atoms with Crippen LogP contribution in [0.25, 0.3) is 22.6 Å². The van der Waals surface area contributed by atoms with E-state index < -0.39 is 0 Å². The molecule has 1 heterocycles. The van der Waals surface area contributed by atoms with E-state index in [9.17, 15) is 0 Å². The number of H-pyrrole nitrogens is 1. The highest BCUT2D eigenvalue weighted by Gasteiger charge is 2.17. The Morgan fingerprint density at radius 3 is 2.00 bits per heavy atom. The Kier molecular flexibility index (Phi) is 13.0. The van der Waals surface area contributed by atoms with Crippen LogP contribution >= 0.6 is 38.5 Å². The molecule has 3 aromatic rings. The zero-order chi connectivity index (χ0) is 25.8. The number of aryl methyl sites for hydroxylation is 3. The van der Waals surface area contributed by atoms with Crippen molar-refractivity contribution in [2.75, 3.05) is 0 Å². The molecule has 1 N–H and O–H groups in total. The predicted molar refractivity (Wildman–Crippen MR) is 169 cm³/mol. The number of benzene rings is 2. The van der Waals surface area contributed by atoms with Crippen molar-refractivity contribution in [1.29, 1.82) is 0 Å². The first kappa shape index (κ1) is 29.4. The lowest BCUT2D eigenvalue weighted by Gasteiger charge is -2.07. The van der Waals surface area contributed by atoms with Crippen LogP contribution in [-0.4, -0.2) is 9.97 Å². The molecule has 0 atom stereocenters. The maximum Gasteiger partial charge on any atom is 0.139 e. The number of halogens is 2. The minimum Gasteiger partial charge on any atom is -0.341 e. The summed E-state index contributed by atoms with van der Waals surface area (Å²) in [6.07, 6.45) is 18.1. The fraction of sp³-hybridized carbons (Fsp3) is 0.531. The number of unbranched alkanes of at least 4 members (excludes halogenated alkanes) is 10. The molecule has 0 amide bonds. The maximum absolute atomic E-state index is 5.18. The molecule has 0 aliphatic heterocycles. The lowest BCUT2D eigenvalue weighted by atomic mass is 10.0. The second-order valence-corrected chi connectivity index (χ2v) is 12.3. The van der Waals surface area contributed by atoms with Gasteiger partial charge in [0.05, 0.1) is 5.69 Å². The number of aromatic amines is 1. The highest BCUT2D eigenvalue weighted by Crippen LogP contribution is 2.33. The largest absolute Gasteiger partial charge is 0.341 e. The first-order chi connectivity index (χ1) is 17.5. The summed E-state index contributed by atoms with van der Waals surface area (Å²) in [5.74, 6) is 0.974. The van der Waals surface area contributed by atoms with E-state index in [2.05, 4.69) is 101 Å². The van der Waals surface area contributed by atoms with Crippen molar-refractivity contribution in [1.82, 2.24) is 9.97 Å². The van der Waals surface area contributed by atoms with Gasteiger partial charge in [-0.1, -0.05) is 106 Å². The molecule has 36 heavy (non-hydrogen) atoms. The van der Waals surface area contributed by atoms with Crippen LogP contribution in [0.3, 0.4) is 0 Å². The van der Waals surface area contributed by atoms with Gasteiger partial charge in [0.1, 0.15) is 5.82 Å². The first-order valence-electron chi connectivity index (χ1n) is 14.2. The minimum atomic E-state index is 0.974.